The first kappa shape index (κ1) is 15.2. The summed E-state index contributed by atoms with van der Waals surface area (Å²) in [6.07, 6.45) is -3.35. The Hall–Kier alpha value is -0.780. The van der Waals surface area contributed by atoms with Gasteiger partial charge in [0.2, 0.25) is 5.91 Å². The summed E-state index contributed by atoms with van der Waals surface area (Å²) in [5, 5.41) is 0. The molecule has 2 N–H and O–H groups in total. The molecule has 0 aliphatic rings. The van der Waals surface area contributed by atoms with Crippen LogP contribution >= 0.6 is 0 Å². The van der Waals surface area contributed by atoms with Gasteiger partial charge in [-0.2, -0.15) is 13.2 Å². The maximum atomic E-state index is 12.2. The molecule has 0 rings (SSSR count). The highest BCUT2D eigenvalue weighted by molar-refractivity contribution is 5.85. The molecule has 0 saturated carbocycles. The minimum Gasteiger partial charge on any atom is -0.332 e. The van der Waals surface area contributed by atoms with E-state index in [2.05, 4.69) is 0 Å². The molecule has 1 unspecified atom stereocenters. The van der Waals surface area contributed by atoms with Crippen LogP contribution in [0.5, 0.6) is 0 Å². The predicted molar refractivity (Wildman–Crippen MR) is 55.8 cm³/mol. The van der Waals surface area contributed by atoms with Crippen molar-refractivity contribution in [2.24, 2.45) is 5.73 Å². The maximum Gasteiger partial charge on any atom is 0.406 e. The van der Waals surface area contributed by atoms with Gasteiger partial charge in [0.05, 0.1) is 5.54 Å². The van der Waals surface area contributed by atoms with Crippen LogP contribution in [0.4, 0.5) is 13.2 Å². The molecule has 1 atom stereocenters. The molecule has 1 amide bonds. The van der Waals surface area contributed by atoms with Crippen molar-refractivity contribution in [2.75, 3.05) is 13.1 Å². The lowest BCUT2D eigenvalue weighted by atomic mass is 9.95. The summed E-state index contributed by atoms with van der Waals surface area (Å²) >= 11 is 0. The topological polar surface area (TPSA) is 46.3 Å². The number of likely N-dealkylation sites (N-methyl/N-ethyl adjacent to an activating group) is 1. The van der Waals surface area contributed by atoms with Gasteiger partial charge in [0, 0.05) is 6.54 Å². The number of nitrogens with zero attached hydrogens (tertiary/aromatic N) is 1. The van der Waals surface area contributed by atoms with Crippen molar-refractivity contribution in [1.29, 1.82) is 0 Å². The van der Waals surface area contributed by atoms with Gasteiger partial charge in [0.25, 0.3) is 0 Å². The van der Waals surface area contributed by atoms with Gasteiger partial charge in [0.15, 0.2) is 0 Å². The number of carbonyl (C=O) groups is 1. The van der Waals surface area contributed by atoms with E-state index in [-0.39, 0.29) is 6.54 Å². The molecular formula is C10H19F3N2O. The first-order valence-electron chi connectivity index (χ1n) is 5.29. The highest BCUT2D eigenvalue weighted by atomic mass is 19.4. The van der Waals surface area contributed by atoms with Gasteiger partial charge >= 0.3 is 6.18 Å². The van der Waals surface area contributed by atoms with Crippen molar-refractivity contribution in [1.82, 2.24) is 4.90 Å². The molecule has 0 radical (unpaired) electrons. The van der Waals surface area contributed by atoms with Crippen molar-refractivity contribution in [3.05, 3.63) is 0 Å². The second kappa shape index (κ2) is 5.52. The van der Waals surface area contributed by atoms with Crippen LogP contribution < -0.4 is 5.73 Å². The minimum absolute atomic E-state index is 0.00878. The smallest absolute Gasteiger partial charge is 0.332 e. The van der Waals surface area contributed by atoms with E-state index in [1.807, 2.05) is 6.92 Å². The average Bonchev–Trinajstić information content (AvgIpc) is 2.11. The molecule has 0 aromatic heterocycles. The number of rotatable bonds is 5. The van der Waals surface area contributed by atoms with E-state index in [1.54, 1.807) is 0 Å². The third-order valence-electron chi connectivity index (χ3n) is 2.30. The van der Waals surface area contributed by atoms with E-state index in [0.29, 0.717) is 12.8 Å². The first-order valence-corrected chi connectivity index (χ1v) is 5.29. The Morgan fingerprint density at radius 3 is 2.12 bits per heavy atom. The summed E-state index contributed by atoms with van der Waals surface area (Å²) < 4.78 is 36.6. The molecule has 16 heavy (non-hydrogen) atoms. The van der Waals surface area contributed by atoms with E-state index < -0.39 is 24.2 Å². The molecule has 6 heteroatoms. The van der Waals surface area contributed by atoms with Crippen molar-refractivity contribution in [3.8, 4) is 0 Å². The van der Waals surface area contributed by atoms with E-state index >= 15 is 0 Å². The standard InChI is InChI=1S/C10H19F3N2O/c1-4-6-9(3,14)8(16)15(5-2)7-10(11,12)13/h4-7,14H2,1-3H3. The fourth-order valence-electron chi connectivity index (χ4n) is 1.53. The number of hydrogen-bond acceptors (Lipinski definition) is 2. The third kappa shape index (κ3) is 4.83. The molecule has 0 fully saturated rings. The molecule has 0 aromatic rings. The summed E-state index contributed by atoms with van der Waals surface area (Å²) in [6, 6.07) is 0. The number of nitrogens with two attached hydrogens (primary N) is 1. The van der Waals surface area contributed by atoms with Gasteiger partial charge in [-0.05, 0) is 20.3 Å². The average molecular weight is 240 g/mol. The molecule has 0 saturated heterocycles. The Bertz CT molecular complexity index is 239. The molecular weight excluding hydrogens is 221 g/mol. The van der Waals surface area contributed by atoms with Crippen LogP contribution in [0.1, 0.15) is 33.6 Å². The molecule has 0 spiro atoms. The lowest BCUT2D eigenvalue weighted by molar-refractivity contribution is -0.164. The normalized spacial score (nSPS) is 15.7. The summed E-state index contributed by atoms with van der Waals surface area (Å²) in [7, 11) is 0. The quantitative estimate of drug-likeness (QED) is 0.798. The Morgan fingerprint density at radius 2 is 1.81 bits per heavy atom. The molecule has 0 aliphatic heterocycles. The number of alkyl halides is 3. The third-order valence-corrected chi connectivity index (χ3v) is 2.30. The molecule has 0 heterocycles. The Labute approximate surface area is 93.8 Å². The molecule has 0 aromatic carbocycles. The lowest BCUT2D eigenvalue weighted by Crippen LogP contribution is -2.55. The summed E-state index contributed by atoms with van der Waals surface area (Å²) in [5.41, 5.74) is 4.50. The zero-order valence-electron chi connectivity index (χ0n) is 9.90. The van der Waals surface area contributed by atoms with Crippen LogP contribution in [0.2, 0.25) is 0 Å². The predicted octanol–water partition coefficient (Wildman–Crippen LogP) is 1.91. The van der Waals surface area contributed by atoms with Crippen molar-refractivity contribution in [3.63, 3.8) is 0 Å². The van der Waals surface area contributed by atoms with Gasteiger partial charge in [-0.3, -0.25) is 4.79 Å². The van der Waals surface area contributed by atoms with Crippen LogP contribution in [-0.4, -0.2) is 35.6 Å². The summed E-state index contributed by atoms with van der Waals surface area (Å²) in [5.74, 6) is -0.644. The van der Waals surface area contributed by atoms with Crippen molar-refractivity contribution < 1.29 is 18.0 Å². The Morgan fingerprint density at radius 1 is 1.31 bits per heavy atom. The zero-order valence-corrected chi connectivity index (χ0v) is 9.90. The highest BCUT2D eigenvalue weighted by Crippen LogP contribution is 2.19. The van der Waals surface area contributed by atoms with Gasteiger partial charge in [-0.15, -0.1) is 0 Å². The lowest BCUT2D eigenvalue weighted by Gasteiger charge is -2.31. The van der Waals surface area contributed by atoms with Crippen LogP contribution in [-0.2, 0) is 4.79 Å². The highest BCUT2D eigenvalue weighted by Gasteiger charge is 2.37. The fourth-order valence-corrected chi connectivity index (χ4v) is 1.53. The number of amides is 1. The van der Waals surface area contributed by atoms with Crippen molar-refractivity contribution in [2.45, 2.75) is 45.3 Å². The van der Waals surface area contributed by atoms with Crippen molar-refractivity contribution >= 4 is 5.91 Å². The van der Waals surface area contributed by atoms with Gasteiger partial charge in [-0.25, -0.2) is 0 Å². The van der Waals surface area contributed by atoms with Gasteiger partial charge in [-0.1, -0.05) is 13.3 Å². The van der Waals surface area contributed by atoms with Crippen LogP contribution in [0.3, 0.4) is 0 Å². The fraction of sp³-hybridized carbons (Fsp3) is 0.900. The Kier molecular flexibility index (Phi) is 5.25. The van der Waals surface area contributed by atoms with E-state index in [4.69, 9.17) is 5.73 Å². The second-order valence-corrected chi connectivity index (χ2v) is 4.10. The number of carbonyl (C=O) groups excluding carboxylic acids is 1. The SMILES string of the molecule is CCCC(C)(N)C(=O)N(CC)CC(F)(F)F. The summed E-state index contributed by atoms with van der Waals surface area (Å²) in [4.78, 5) is 12.5. The van der Waals surface area contributed by atoms with Gasteiger partial charge in [0.1, 0.15) is 6.54 Å². The Balaban J connectivity index is 4.65. The minimum atomic E-state index is -4.38. The maximum absolute atomic E-state index is 12.2. The van der Waals surface area contributed by atoms with Crippen LogP contribution in [0, 0.1) is 0 Å². The largest absolute Gasteiger partial charge is 0.406 e. The zero-order chi connectivity index (χ0) is 13.0. The van der Waals surface area contributed by atoms with Crippen LogP contribution in [0.25, 0.3) is 0 Å². The van der Waals surface area contributed by atoms with Crippen LogP contribution in [0.15, 0.2) is 0 Å². The molecule has 96 valence electrons. The second-order valence-electron chi connectivity index (χ2n) is 4.10. The van der Waals surface area contributed by atoms with Gasteiger partial charge < -0.3 is 10.6 Å². The first-order chi connectivity index (χ1) is 7.14. The summed E-state index contributed by atoms with van der Waals surface area (Å²) in [6.45, 7) is 3.58. The van der Waals surface area contributed by atoms with E-state index in [1.165, 1.54) is 13.8 Å². The number of halogens is 3. The molecule has 3 nitrogen and oxygen atoms in total. The molecule has 0 bridgehead atoms. The monoisotopic (exact) mass is 240 g/mol. The number of hydrogen-bond donors (Lipinski definition) is 1. The van der Waals surface area contributed by atoms with E-state index in [0.717, 1.165) is 4.90 Å². The van der Waals surface area contributed by atoms with E-state index in [9.17, 15) is 18.0 Å². The molecule has 0 aliphatic carbocycles.